The zero-order valence-electron chi connectivity index (χ0n) is 9.57. The molecule has 0 bridgehead atoms. The van der Waals surface area contributed by atoms with Crippen molar-refractivity contribution in [3.63, 3.8) is 0 Å². The summed E-state index contributed by atoms with van der Waals surface area (Å²) in [5.74, 6) is 0.575. The fourth-order valence-electron chi connectivity index (χ4n) is 1.41. The molecule has 0 aliphatic rings. The summed E-state index contributed by atoms with van der Waals surface area (Å²) < 4.78 is 6.67. The van der Waals surface area contributed by atoms with Gasteiger partial charge in [0.15, 0.2) is 5.78 Å². The van der Waals surface area contributed by atoms with Gasteiger partial charge in [0.2, 0.25) is 0 Å². The highest BCUT2D eigenvalue weighted by Crippen LogP contribution is 2.29. The van der Waals surface area contributed by atoms with Gasteiger partial charge in [-0.1, -0.05) is 11.6 Å². The molecule has 0 saturated heterocycles. The first-order chi connectivity index (χ1) is 8.58. The molecule has 0 spiro atoms. The first kappa shape index (κ1) is 13.6. The van der Waals surface area contributed by atoms with Crippen LogP contribution in [0.3, 0.4) is 0 Å². The van der Waals surface area contributed by atoms with Crippen molar-refractivity contribution in [2.75, 3.05) is 0 Å². The average molecular weight is 346 g/mol. The molecule has 0 saturated carbocycles. The highest BCUT2D eigenvalue weighted by Gasteiger charge is 2.08. The zero-order valence-corrected chi connectivity index (χ0v) is 12.7. The number of thiophene rings is 1. The zero-order chi connectivity index (χ0) is 13.1. The molecule has 1 aromatic carbocycles. The van der Waals surface area contributed by atoms with Gasteiger partial charge < -0.3 is 4.74 Å². The number of ketones is 1. The molecule has 0 N–H and O–H groups in total. The molecule has 1 heterocycles. The molecular formula is C13H10BrClO2S. The third kappa shape index (κ3) is 3.13. The standard InChI is InChI=1S/C13H10BrClO2S/c1-8(16)9-2-3-12(11(15)6-9)17-7-13-10(14)4-5-18-13/h2-6H,7H2,1H3. The van der Waals surface area contributed by atoms with E-state index in [0.717, 1.165) is 9.35 Å². The van der Waals surface area contributed by atoms with Crippen LogP contribution in [0, 0.1) is 0 Å². The monoisotopic (exact) mass is 344 g/mol. The van der Waals surface area contributed by atoms with Gasteiger partial charge in [-0.15, -0.1) is 11.3 Å². The van der Waals surface area contributed by atoms with E-state index in [1.807, 2.05) is 11.4 Å². The van der Waals surface area contributed by atoms with Gasteiger partial charge in [0.25, 0.3) is 0 Å². The topological polar surface area (TPSA) is 26.3 Å². The summed E-state index contributed by atoms with van der Waals surface area (Å²) in [4.78, 5) is 12.3. The van der Waals surface area contributed by atoms with Gasteiger partial charge in [-0.2, -0.15) is 0 Å². The average Bonchev–Trinajstić information content (AvgIpc) is 2.73. The van der Waals surface area contributed by atoms with Gasteiger partial charge in [-0.3, -0.25) is 4.79 Å². The molecule has 94 valence electrons. The van der Waals surface area contributed by atoms with Crippen molar-refractivity contribution in [2.45, 2.75) is 13.5 Å². The smallest absolute Gasteiger partial charge is 0.159 e. The van der Waals surface area contributed by atoms with Gasteiger partial charge in [0.1, 0.15) is 12.4 Å². The molecule has 2 rings (SSSR count). The predicted molar refractivity (Wildman–Crippen MR) is 77.8 cm³/mol. The lowest BCUT2D eigenvalue weighted by molar-refractivity contribution is 0.101. The second-order valence-corrected chi connectivity index (χ2v) is 5.94. The maximum atomic E-state index is 11.2. The molecule has 0 fully saturated rings. The molecule has 0 aliphatic heterocycles. The Kier molecular flexibility index (Phi) is 4.43. The Morgan fingerprint density at radius 2 is 2.22 bits per heavy atom. The van der Waals surface area contributed by atoms with Crippen LogP contribution < -0.4 is 4.74 Å². The number of carbonyl (C=O) groups excluding carboxylic acids is 1. The largest absolute Gasteiger partial charge is 0.486 e. The summed E-state index contributed by atoms with van der Waals surface area (Å²) in [5, 5.41) is 2.44. The van der Waals surface area contributed by atoms with E-state index >= 15 is 0 Å². The fraction of sp³-hybridized carbons (Fsp3) is 0.154. The number of halogens is 2. The van der Waals surface area contributed by atoms with E-state index in [1.165, 1.54) is 6.92 Å². The highest BCUT2D eigenvalue weighted by molar-refractivity contribution is 9.10. The van der Waals surface area contributed by atoms with Gasteiger partial charge in [0.05, 0.1) is 9.90 Å². The van der Waals surface area contributed by atoms with E-state index < -0.39 is 0 Å². The summed E-state index contributed by atoms with van der Waals surface area (Å²) >= 11 is 11.1. The van der Waals surface area contributed by atoms with Crippen molar-refractivity contribution < 1.29 is 9.53 Å². The van der Waals surface area contributed by atoms with E-state index in [-0.39, 0.29) is 5.78 Å². The summed E-state index contributed by atoms with van der Waals surface area (Å²) in [6.45, 7) is 1.96. The summed E-state index contributed by atoms with van der Waals surface area (Å²) in [6.07, 6.45) is 0. The molecule has 0 aliphatic carbocycles. The van der Waals surface area contributed by atoms with E-state index in [1.54, 1.807) is 29.5 Å². The second-order valence-electron chi connectivity index (χ2n) is 3.68. The van der Waals surface area contributed by atoms with Crippen molar-refractivity contribution >= 4 is 44.7 Å². The summed E-state index contributed by atoms with van der Waals surface area (Å²) in [7, 11) is 0. The summed E-state index contributed by atoms with van der Waals surface area (Å²) in [5.41, 5.74) is 0.588. The fourth-order valence-corrected chi connectivity index (χ4v) is 3.02. The van der Waals surface area contributed by atoms with Crippen LogP contribution in [0.1, 0.15) is 22.2 Å². The molecule has 2 nitrogen and oxygen atoms in total. The number of ether oxygens (including phenoxy) is 1. The lowest BCUT2D eigenvalue weighted by Gasteiger charge is -2.08. The van der Waals surface area contributed by atoms with E-state index in [0.29, 0.717) is 22.9 Å². The van der Waals surface area contributed by atoms with E-state index in [4.69, 9.17) is 16.3 Å². The van der Waals surface area contributed by atoms with Crippen molar-refractivity contribution in [1.82, 2.24) is 0 Å². The van der Waals surface area contributed by atoms with Crippen LogP contribution in [0.5, 0.6) is 5.75 Å². The molecule has 5 heteroatoms. The van der Waals surface area contributed by atoms with Gasteiger partial charge in [-0.05, 0) is 52.5 Å². The Hall–Kier alpha value is -0.840. The normalized spacial score (nSPS) is 10.4. The van der Waals surface area contributed by atoms with Crippen LogP contribution in [0.25, 0.3) is 0 Å². The maximum absolute atomic E-state index is 11.2. The number of benzene rings is 1. The van der Waals surface area contributed by atoms with Crippen LogP contribution in [0.15, 0.2) is 34.1 Å². The number of rotatable bonds is 4. The first-order valence-electron chi connectivity index (χ1n) is 5.23. The lowest BCUT2D eigenvalue weighted by Crippen LogP contribution is -1.96. The number of hydrogen-bond acceptors (Lipinski definition) is 3. The predicted octanol–water partition coefficient (Wildman–Crippen LogP) is 4.95. The maximum Gasteiger partial charge on any atom is 0.159 e. The number of hydrogen-bond donors (Lipinski definition) is 0. The van der Waals surface area contributed by atoms with Crippen LogP contribution in [0.4, 0.5) is 0 Å². The highest BCUT2D eigenvalue weighted by atomic mass is 79.9. The Morgan fingerprint density at radius 1 is 1.44 bits per heavy atom. The van der Waals surface area contributed by atoms with Crippen LogP contribution >= 0.6 is 38.9 Å². The number of carbonyl (C=O) groups is 1. The van der Waals surface area contributed by atoms with Gasteiger partial charge >= 0.3 is 0 Å². The van der Waals surface area contributed by atoms with Crippen LogP contribution in [-0.2, 0) is 6.61 Å². The summed E-state index contributed by atoms with van der Waals surface area (Å²) in [6, 6.07) is 7.04. The van der Waals surface area contributed by atoms with E-state index in [2.05, 4.69) is 15.9 Å². The Morgan fingerprint density at radius 3 is 2.78 bits per heavy atom. The third-order valence-corrected chi connectivity index (χ3v) is 4.58. The van der Waals surface area contributed by atoms with Crippen molar-refractivity contribution in [2.24, 2.45) is 0 Å². The van der Waals surface area contributed by atoms with Gasteiger partial charge in [0, 0.05) is 10.0 Å². The lowest BCUT2D eigenvalue weighted by atomic mass is 10.1. The van der Waals surface area contributed by atoms with Crippen LogP contribution in [0.2, 0.25) is 5.02 Å². The minimum Gasteiger partial charge on any atom is -0.486 e. The molecule has 2 aromatic rings. The minimum absolute atomic E-state index is 0.00977. The van der Waals surface area contributed by atoms with Crippen LogP contribution in [-0.4, -0.2) is 5.78 Å². The van der Waals surface area contributed by atoms with Crippen molar-refractivity contribution in [1.29, 1.82) is 0 Å². The molecule has 0 amide bonds. The molecule has 1 aromatic heterocycles. The SMILES string of the molecule is CC(=O)c1ccc(OCc2sccc2Br)c(Cl)c1. The number of Topliss-reactive ketones (excluding diaryl/α,β-unsaturated/α-hetero) is 1. The molecule has 0 radical (unpaired) electrons. The third-order valence-electron chi connectivity index (χ3n) is 2.39. The molecule has 0 unspecified atom stereocenters. The van der Waals surface area contributed by atoms with E-state index in [9.17, 15) is 4.79 Å². The Bertz CT molecular complexity index is 580. The quantitative estimate of drug-likeness (QED) is 0.733. The van der Waals surface area contributed by atoms with Crippen molar-refractivity contribution in [3.8, 4) is 5.75 Å². The van der Waals surface area contributed by atoms with Crippen molar-refractivity contribution in [3.05, 3.63) is 49.6 Å². The van der Waals surface area contributed by atoms with Gasteiger partial charge in [-0.25, -0.2) is 0 Å². The molecule has 0 atom stereocenters. The Balaban J connectivity index is 2.11. The Labute approximate surface area is 123 Å². The first-order valence-corrected chi connectivity index (χ1v) is 7.28. The second kappa shape index (κ2) is 5.87. The molecular weight excluding hydrogens is 336 g/mol. The molecule has 18 heavy (non-hydrogen) atoms. The minimum atomic E-state index is -0.00977.